The summed E-state index contributed by atoms with van der Waals surface area (Å²) in [5.41, 5.74) is 0.0926. The first-order valence-corrected chi connectivity index (χ1v) is 9.20. The van der Waals surface area contributed by atoms with Gasteiger partial charge in [-0.2, -0.15) is 0 Å². The second-order valence-corrected chi connectivity index (χ2v) is 7.28. The van der Waals surface area contributed by atoms with E-state index in [4.69, 9.17) is 4.74 Å². The molecule has 1 aliphatic heterocycles. The number of allylic oxidation sites excluding steroid dienone is 7. The zero-order valence-corrected chi connectivity index (χ0v) is 16.5. The normalized spacial score (nSPS) is 25.1. The number of rotatable bonds is 9. The number of ether oxygens (including phenoxy) is 1. The van der Waals surface area contributed by atoms with Crippen molar-refractivity contribution >= 4 is 5.97 Å². The minimum Gasteiger partial charge on any atom is -0.502 e. The van der Waals surface area contributed by atoms with Gasteiger partial charge in [0.25, 0.3) is 0 Å². The molecule has 0 radical (unpaired) electrons. The molecule has 1 heterocycles. The van der Waals surface area contributed by atoms with Crippen LogP contribution in [0.5, 0.6) is 0 Å². The van der Waals surface area contributed by atoms with Gasteiger partial charge in [-0.3, -0.25) is 0 Å². The summed E-state index contributed by atoms with van der Waals surface area (Å²) in [5, 5.41) is 19.5. The molecular formula is C22H32O4. The van der Waals surface area contributed by atoms with Crippen LogP contribution in [-0.2, 0) is 9.53 Å². The van der Waals surface area contributed by atoms with Gasteiger partial charge >= 0.3 is 5.97 Å². The average molecular weight is 360 g/mol. The van der Waals surface area contributed by atoms with Crippen LogP contribution in [0.2, 0.25) is 0 Å². The van der Waals surface area contributed by atoms with Crippen molar-refractivity contribution in [2.45, 2.75) is 59.2 Å². The highest BCUT2D eigenvalue weighted by atomic mass is 16.6. The molecule has 26 heavy (non-hydrogen) atoms. The van der Waals surface area contributed by atoms with E-state index < -0.39 is 23.4 Å². The third kappa shape index (κ3) is 7.04. The van der Waals surface area contributed by atoms with E-state index in [-0.39, 0.29) is 0 Å². The van der Waals surface area contributed by atoms with Crippen molar-refractivity contribution in [2.75, 3.05) is 0 Å². The molecule has 0 amide bonds. The van der Waals surface area contributed by atoms with Crippen molar-refractivity contribution in [3.05, 3.63) is 59.9 Å². The topological polar surface area (TPSA) is 66.8 Å². The van der Waals surface area contributed by atoms with Crippen LogP contribution in [-0.4, -0.2) is 27.9 Å². The number of cyclic esters (lactones) is 1. The monoisotopic (exact) mass is 360 g/mol. The van der Waals surface area contributed by atoms with Gasteiger partial charge in [-0.05, 0) is 32.1 Å². The molecule has 4 atom stereocenters. The Hall–Kier alpha value is -2.07. The maximum Gasteiger partial charge on any atom is 0.374 e. The van der Waals surface area contributed by atoms with E-state index in [0.29, 0.717) is 11.8 Å². The number of hydrogen-bond acceptors (Lipinski definition) is 4. The van der Waals surface area contributed by atoms with Gasteiger partial charge in [0.15, 0.2) is 5.60 Å². The molecule has 144 valence electrons. The summed E-state index contributed by atoms with van der Waals surface area (Å²) in [5.74, 6) is -0.304. The highest BCUT2D eigenvalue weighted by molar-refractivity contribution is 5.89. The summed E-state index contributed by atoms with van der Waals surface area (Å²) in [6, 6.07) is 0. The van der Waals surface area contributed by atoms with E-state index in [1.807, 2.05) is 6.08 Å². The summed E-state index contributed by atoms with van der Waals surface area (Å²) in [4.78, 5) is 11.2. The van der Waals surface area contributed by atoms with Crippen LogP contribution in [0.15, 0.2) is 59.9 Å². The Morgan fingerprint density at radius 3 is 2.38 bits per heavy atom. The van der Waals surface area contributed by atoms with Gasteiger partial charge in [0.1, 0.15) is 6.10 Å². The molecular weight excluding hydrogens is 328 g/mol. The second-order valence-electron chi connectivity index (χ2n) is 7.28. The molecule has 1 rings (SSSR count). The van der Waals surface area contributed by atoms with E-state index in [0.717, 1.165) is 12.8 Å². The first-order chi connectivity index (χ1) is 12.2. The molecule has 1 aliphatic rings. The van der Waals surface area contributed by atoms with Crippen LogP contribution in [0.1, 0.15) is 47.5 Å². The standard InChI is InChI=1S/C22H32O4/c1-6-16(2)11-9-12-18(4)14-17(3)10-7-8-13-20(24)22(5)15-19(23)21(25)26-22/h7-13,15-17,20,23-24H,6,14H2,1-5H3. The molecule has 0 spiro atoms. The summed E-state index contributed by atoms with van der Waals surface area (Å²) in [6.45, 7) is 10.2. The molecule has 0 aliphatic carbocycles. The van der Waals surface area contributed by atoms with Gasteiger partial charge in [0.05, 0.1) is 0 Å². The van der Waals surface area contributed by atoms with Gasteiger partial charge in [-0.25, -0.2) is 4.79 Å². The summed E-state index contributed by atoms with van der Waals surface area (Å²) < 4.78 is 5.00. The molecule has 4 nitrogen and oxygen atoms in total. The number of aliphatic hydroxyl groups excluding tert-OH is 2. The lowest BCUT2D eigenvalue weighted by Crippen LogP contribution is -2.37. The maximum absolute atomic E-state index is 11.2. The lowest BCUT2D eigenvalue weighted by atomic mass is 9.98. The predicted molar refractivity (Wildman–Crippen MR) is 106 cm³/mol. The largest absolute Gasteiger partial charge is 0.502 e. The SMILES string of the molecule is CCC(C)C=CC=C(C)CC(C)C=CC=CC(O)C1(C)C=C(O)C(=O)O1. The minimum atomic E-state index is -1.22. The number of hydrogen-bond donors (Lipinski definition) is 2. The van der Waals surface area contributed by atoms with Crippen LogP contribution >= 0.6 is 0 Å². The maximum atomic E-state index is 11.2. The Morgan fingerprint density at radius 1 is 1.19 bits per heavy atom. The summed E-state index contributed by atoms with van der Waals surface area (Å²) in [6.07, 6.45) is 16.0. The van der Waals surface area contributed by atoms with Crippen LogP contribution in [0.3, 0.4) is 0 Å². The Bertz CT molecular complexity index is 624. The molecule has 0 aromatic heterocycles. The first kappa shape index (κ1) is 22.0. The van der Waals surface area contributed by atoms with Gasteiger partial charge in [-0.15, -0.1) is 0 Å². The zero-order valence-electron chi connectivity index (χ0n) is 16.5. The molecule has 0 fully saturated rings. The molecule has 0 aromatic rings. The van der Waals surface area contributed by atoms with Crippen molar-refractivity contribution < 1.29 is 19.7 Å². The third-order valence-corrected chi connectivity index (χ3v) is 4.48. The predicted octanol–water partition coefficient (Wildman–Crippen LogP) is 4.79. The Balaban J connectivity index is 2.50. The molecule has 4 heteroatoms. The van der Waals surface area contributed by atoms with Crippen LogP contribution in [0.25, 0.3) is 0 Å². The minimum absolute atomic E-state index is 0.369. The van der Waals surface area contributed by atoms with Crippen LogP contribution in [0, 0.1) is 11.8 Å². The quantitative estimate of drug-likeness (QED) is 0.458. The third-order valence-electron chi connectivity index (χ3n) is 4.48. The molecule has 4 unspecified atom stereocenters. The fraction of sp³-hybridized carbons (Fsp3) is 0.500. The van der Waals surface area contributed by atoms with Crippen LogP contribution in [0.4, 0.5) is 0 Å². The van der Waals surface area contributed by atoms with E-state index in [1.165, 1.54) is 11.6 Å². The number of esters is 1. The Labute approximate surface area is 157 Å². The van der Waals surface area contributed by atoms with Gasteiger partial charge in [-0.1, -0.05) is 75.3 Å². The number of carbonyl (C=O) groups is 1. The lowest BCUT2D eigenvalue weighted by molar-refractivity contribution is -0.153. The molecule has 0 saturated carbocycles. The van der Waals surface area contributed by atoms with E-state index in [1.54, 1.807) is 19.1 Å². The van der Waals surface area contributed by atoms with Crippen molar-refractivity contribution in [3.63, 3.8) is 0 Å². The first-order valence-electron chi connectivity index (χ1n) is 9.20. The average Bonchev–Trinajstić information content (AvgIpc) is 2.84. The van der Waals surface area contributed by atoms with E-state index >= 15 is 0 Å². The number of carbonyl (C=O) groups excluding carboxylic acids is 1. The zero-order chi connectivity index (χ0) is 19.7. The second kappa shape index (κ2) is 10.2. The van der Waals surface area contributed by atoms with Crippen molar-refractivity contribution in [1.82, 2.24) is 0 Å². The molecule has 0 aromatic carbocycles. The lowest BCUT2D eigenvalue weighted by Gasteiger charge is -2.24. The number of aliphatic hydroxyl groups is 2. The fourth-order valence-electron chi connectivity index (χ4n) is 2.56. The summed E-state index contributed by atoms with van der Waals surface area (Å²) in [7, 11) is 0. The highest BCUT2D eigenvalue weighted by Gasteiger charge is 2.41. The smallest absolute Gasteiger partial charge is 0.374 e. The van der Waals surface area contributed by atoms with Crippen molar-refractivity contribution in [2.24, 2.45) is 11.8 Å². The molecule has 0 bridgehead atoms. The van der Waals surface area contributed by atoms with Gasteiger partial charge in [0.2, 0.25) is 5.76 Å². The van der Waals surface area contributed by atoms with Gasteiger partial charge < -0.3 is 14.9 Å². The van der Waals surface area contributed by atoms with Crippen molar-refractivity contribution in [3.8, 4) is 0 Å². The van der Waals surface area contributed by atoms with E-state index in [2.05, 4.69) is 52.0 Å². The fourth-order valence-corrected chi connectivity index (χ4v) is 2.56. The summed E-state index contributed by atoms with van der Waals surface area (Å²) >= 11 is 0. The van der Waals surface area contributed by atoms with E-state index in [9.17, 15) is 15.0 Å². The molecule has 2 N–H and O–H groups in total. The highest BCUT2D eigenvalue weighted by Crippen LogP contribution is 2.27. The van der Waals surface area contributed by atoms with Crippen LogP contribution < -0.4 is 0 Å². The van der Waals surface area contributed by atoms with Crippen molar-refractivity contribution in [1.29, 1.82) is 0 Å². The Kier molecular flexibility index (Phi) is 8.59. The molecule has 0 saturated heterocycles. The van der Waals surface area contributed by atoms with Gasteiger partial charge in [0, 0.05) is 6.08 Å². The Morgan fingerprint density at radius 2 is 1.81 bits per heavy atom.